The number of amides is 1. The molecule has 2 heterocycles. The van der Waals surface area contributed by atoms with Crippen molar-refractivity contribution in [2.45, 2.75) is 31.1 Å². The van der Waals surface area contributed by atoms with Gasteiger partial charge in [-0.1, -0.05) is 34.5 Å². The minimum Gasteiger partial charge on any atom is -0.355 e. The van der Waals surface area contributed by atoms with Crippen LogP contribution in [0.25, 0.3) is 0 Å². The maximum atomic E-state index is 12.9. The van der Waals surface area contributed by atoms with Crippen molar-refractivity contribution in [3.8, 4) is 0 Å². The molecule has 0 spiro atoms. The van der Waals surface area contributed by atoms with E-state index in [1.54, 1.807) is 12.4 Å². The summed E-state index contributed by atoms with van der Waals surface area (Å²) >= 11 is 3.48. The van der Waals surface area contributed by atoms with E-state index in [1.807, 2.05) is 18.2 Å². The van der Waals surface area contributed by atoms with E-state index in [-0.39, 0.29) is 11.3 Å². The van der Waals surface area contributed by atoms with Gasteiger partial charge < -0.3 is 10.2 Å². The summed E-state index contributed by atoms with van der Waals surface area (Å²) in [5.74, 6) is 1.01. The lowest BCUT2D eigenvalue weighted by Crippen LogP contribution is -2.50. The quantitative estimate of drug-likeness (QED) is 0.647. The molecule has 2 fully saturated rings. The van der Waals surface area contributed by atoms with Gasteiger partial charge in [-0.15, -0.1) is 0 Å². The lowest BCUT2D eigenvalue weighted by molar-refractivity contribution is -0.129. The van der Waals surface area contributed by atoms with Crippen LogP contribution in [-0.4, -0.2) is 60.0 Å². The maximum Gasteiger partial charge on any atom is 0.230 e. The Morgan fingerprint density at radius 3 is 2.38 bits per heavy atom. The second-order valence-electron chi connectivity index (χ2n) is 7.93. The molecular formula is C22H28BrN5O. The number of hydrogen-bond acceptors (Lipinski definition) is 5. The lowest BCUT2D eigenvalue weighted by Gasteiger charge is -2.41. The fourth-order valence-corrected chi connectivity index (χ4v) is 4.51. The molecule has 4 rings (SSSR count). The highest BCUT2D eigenvalue weighted by Crippen LogP contribution is 2.44. The summed E-state index contributed by atoms with van der Waals surface area (Å²) in [6.45, 7) is 5.66. The van der Waals surface area contributed by atoms with E-state index in [9.17, 15) is 4.79 Å². The predicted molar refractivity (Wildman–Crippen MR) is 118 cm³/mol. The summed E-state index contributed by atoms with van der Waals surface area (Å²) in [4.78, 5) is 26.3. The third kappa shape index (κ3) is 4.61. The van der Waals surface area contributed by atoms with Gasteiger partial charge in [0.25, 0.3) is 0 Å². The summed E-state index contributed by atoms with van der Waals surface area (Å²) in [5, 5.41) is 3.21. The maximum absolute atomic E-state index is 12.9. The molecule has 1 amide bonds. The SMILES string of the molecule is O=C(NCCCN1CCN(c2ncccn2)CC1)C1(c2ccc(Br)cc2)CCC1. The first-order chi connectivity index (χ1) is 14.2. The minimum atomic E-state index is -0.317. The molecule has 1 saturated heterocycles. The van der Waals surface area contributed by atoms with Crippen molar-refractivity contribution in [3.63, 3.8) is 0 Å². The van der Waals surface area contributed by atoms with Crippen LogP contribution in [0, 0.1) is 0 Å². The molecule has 1 aromatic heterocycles. The number of hydrogen-bond donors (Lipinski definition) is 1. The standard InChI is InChI=1S/C22H28BrN5O/c23-19-6-4-18(5-7-19)22(8-1-9-22)20(29)24-12-3-13-27-14-16-28(17-15-27)21-25-10-2-11-26-21/h2,4-7,10-11H,1,3,8-9,12-17H2,(H,24,29). The highest BCUT2D eigenvalue weighted by atomic mass is 79.9. The zero-order chi connectivity index (χ0) is 20.1. The van der Waals surface area contributed by atoms with Crippen LogP contribution in [0.1, 0.15) is 31.2 Å². The van der Waals surface area contributed by atoms with E-state index in [4.69, 9.17) is 0 Å². The number of carbonyl (C=O) groups is 1. The Morgan fingerprint density at radius 2 is 1.76 bits per heavy atom. The van der Waals surface area contributed by atoms with Gasteiger partial charge in [0, 0.05) is 49.6 Å². The molecule has 1 N–H and O–H groups in total. The normalized spacial score (nSPS) is 18.9. The number of carbonyl (C=O) groups excluding carboxylic acids is 1. The first kappa shape index (κ1) is 20.3. The van der Waals surface area contributed by atoms with E-state index in [0.717, 1.165) is 80.9 Å². The van der Waals surface area contributed by atoms with Gasteiger partial charge in [-0.25, -0.2) is 9.97 Å². The minimum absolute atomic E-state index is 0.192. The molecule has 2 aliphatic rings. The number of nitrogens with one attached hydrogen (secondary N) is 1. The largest absolute Gasteiger partial charge is 0.355 e. The first-order valence-electron chi connectivity index (χ1n) is 10.5. The van der Waals surface area contributed by atoms with Crippen LogP contribution in [0.15, 0.2) is 47.2 Å². The Bertz CT molecular complexity index is 802. The highest BCUT2D eigenvalue weighted by molar-refractivity contribution is 9.10. The van der Waals surface area contributed by atoms with Crippen molar-refractivity contribution < 1.29 is 4.79 Å². The van der Waals surface area contributed by atoms with Crippen molar-refractivity contribution in [2.24, 2.45) is 0 Å². The van der Waals surface area contributed by atoms with Gasteiger partial charge in [0.05, 0.1) is 5.41 Å². The van der Waals surface area contributed by atoms with Gasteiger partial charge in [-0.3, -0.25) is 9.69 Å². The van der Waals surface area contributed by atoms with Gasteiger partial charge >= 0.3 is 0 Å². The molecule has 1 saturated carbocycles. The van der Waals surface area contributed by atoms with Crippen LogP contribution >= 0.6 is 15.9 Å². The van der Waals surface area contributed by atoms with Crippen LogP contribution in [0.3, 0.4) is 0 Å². The zero-order valence-corrected chi connectivity index (χ0v) is 18.3. The summed E-state index contributed by atoms with van der Waals surface area (Å²) in [5.41, 5.74) is 0.825. The molecule has 2 aromatic rings. The number of benzene rings is 1. The average molecular weight is 458 g/mol. The van der Waals surface area contributed by atoms with Crippen molar-refractivity contribution in [2.75, 3.05) is 44.2 Å². The number of nitrogens with zero attached hydrogens (tertiary/aromatic N) is 4. The van der Waals surface area contributed by atoms with Crippen molar-refractivity contribution in [1.82, 2.24) is 20.2 Å². The molecule has 0 unspecified atom stereocenters. The number of anilines is 1. The van der Waals surface area contributed by atoms with Gasteiger partial charge in [0.15, 0.2) is 0 Å². The first-order valence-corrected chi connectivity index (χ1v) is 11.3. The highest BCUT2D eigenvalue weighted by Gasteiger charge is 2.45. The van der Waals surface area contributed by atoms with Gasteiger partial charge in [0.1, 0.15) is 0 Å². The zero-order valence-electron chi connectivity index (χ0n) is 16.7. The second kappa shape index (κ2) is 9.22. The summed E-state index contributed by atoms with van der Waals surface area (Å²) in [6.07, 6.45) is 7.58. The van der Waals surface area contributed by atoms with E-state index >= 15 is 0 Å². The molecule has 0 bridgehead atoms. The predicted octanol–water partition coefficient (Wildman–Crippen LogP) is 2.99. The lowest BCUT2D eigenvalue weighted by atomic mass is 9.64. The van der Waals surface area contributed by atoms with Gasteiger partial charge in [-0.05, 0) is 49.6 Å². The third-order valence-corrected chi connectivity index (χ3v) is 6.71. The van der Waals surface area contributed by atoms with Crippen molar-refractivity contribution in [1.29, 1.82) is 0 Å². The summed E-state index contributed by atoms with van der Waals surface area (Å²) in [6, 6.07) is 10.1. The molecule has 6 nitrogen and oxygen atoms in total. The van der Waals surface area contributed by atoms with E-state index in [2.05, 4.69) is 53.1 Å². The van der Waals surface area contributed by atoms with Crippen molar-refractivity contribution >= 4 is 27.8 Å². The fraction of sp³-hybridized carbons (Fsp3) is 0.500. The van der Waals surface area contributed by atoms with Crippen LogP contribution in [0.4, 0.5) is 5.95 Å². The average Bonchev–Trinajstić information content (AvgIpc) is 2.73. The van der Waals surface area contributed by atoms with E-state index in [1.165, 1.54) is 0 Å². The fourth-order valence-electron chi connectivity index (χ4n) is 4.25. The molecule has 1 aromatic carbocycles. The Kier molecular flexibility index (Phi) is 6.45. The topological polar surface area (TPSA) is 61.4 Å². The smallest absolute Gasteiger partial charge is 0.230 e. The monoisotopic (exact) mass is 457 g/mol. The van der Waals surface area contributed by atoms with Crippen molar-refractivity contribution in [3.05, 3.63) is 52.8 Å². The molecule has 0 radical (unpaired) electrons. The molecule has 7 heteroatoms. The number of aromatic nitrogens is 2. The molecule has 1 aliphatic heterocycles. The van der Waals surface area contributed by atoms with Crippen LogP contribution in [0.2, 0.25) is 0 Å². The molecule has 1 aliphatic carbocycles. The Morgan fingerprint density at radius 1 is 1.07 bits per heavy atom. The number of piperazine rings is 1. The summed E-state index contributed by atoms with van der Waals surface area (Å²) < 4.78 is 1.05. The second-order valence-corrected chi connectivity index (χ2v) is 8.85. The third-order valence-electron chi connectivity index (χ3n) is 6.18. The van der Waals surface area contributed by atoms with Crippen LogP contribution in [0.5, 0.6) is 0 Å². The molecular weight excluding hydrogens is 430 g/mol. The van der Waals surface area contributed by atoms with E-state index in [0.29, 0.717) is 0 Å². The Labute approximate surface area is 180 Å². The molecule has 29 heavy (non-hydrogen) atoms. The van der Waals surface area contributed by atoms with Gasteiger partial charge in [0.2, 0.25) is 11.9 Å². The van der Waals surface area contributed by atoms with Gasteiger partial charge in [-0.2, -0.15) is 0 Å². The Hall–Kier alpha value is -1.99. The van der Waals surface area contributed by atoms with Crippen LogP contribution < -0.4 is 10.2 Å². The Balaban J connectivity index is 1.20. The number of rotatable bonds is 7. The summed E-state index contributed by atoms with van der Waals surface area (Å²) in [7, 11) is 0. The van der Waals surface area contributed by atoms with Crippen LogP contribution in [-0.2, 0) is 10.2 Å². The molecule has 0 atom stereocenters. The molecule has 154 valence electrons. The number of halogens is 1. The van der Waals surface area contributed by atoms with E-state index < -0.39 is 0 Å².